The van der Waals surface area contributed by atoms with Crippen LogP contribution >= 0.6 is 27.5 Å². The molecule has 0 radical (unpaired) electrons. The Bertz CT molecular complexity index is 431. The van der Waals surface area contributed by atoms with Gasteiger partial charge >= 0.3 is 5.97 Å². The number of unbranched alkanes of at least 4 members (excludes halogenated alkanes) is 2. The zero-order chi connectivity index (χ0) is 15.0. The summed E-state index contributed by atoms with van der Waals surface area (Å²) >= 11 is 9.24. The Kier molecular flexibility index (Phi) is 7.77. The predicted octanol–water partition coefficient (Wildman–Crippen LogP) is 4.19. The van der Waals surface area contributed by atoms with E-state index in [1.54, 1.807) is 19.1 Å². The first-order valence-electron chi connectivity index (χ1n) is 6.57. The first-order chi connectivity index (χ1) is 9.54. The third kappa shape index (κ3) is 6.01. The van der Waals surface area contributed by atoms with Gasteiger partial charge in [0.2, 0.25) is 0 Å². The normalized spacial score (nSPS) is 10.3. The average Bonchev–Trinajstić information content (AvgIpc) is 2.36. The summed E-state index contributed by atoms with van der Waals surface area (Å²) in [6.45, 7) is 2.79. The molecular formula is C14H19BrClNO3. The van der Waals surface area contributed by atoms with Gasteiger partial charge in [-0.2, -0.15) is 0 Å². The van der Waals surface area contributed by atoms with Crippen LogP contribution < -0.4 is 10.5 Å². The Morgan fingerprint density at radius 2 is 2.10 bits per heavy atom. The van der Waals surface area contributed by atoms with Crippen molar-refractivity contribution in [2.24, 2.45) is 0 Å². The van der Waals surface area contributed by atoms with Gasteiger partial charge in [-0.1, -0.05) is 11.6 Å². The van der Waals surface area contributed by atoms with E-state index in [1.165, 1.54) is 0 Å². The van der Waals surface area contributed by atoms with Crippen LogP contribution in [-0.2, 0) is 9.53 Å². The summed E-state index contributed by atoms with van der Waals surface area (Å²) in [4.78, 5) is 11.1. The lowest BCUT2D eigenvalue weighted by Gasteiger charge is -2.11. The van der Waals surface area contributed by atoms with Crippen LogP contribution in [0.3, 0.4) is 0 Å². The molecule has 0 aliphatic carbocycles. The zero-order valence-electron chi connectivity index (χ0n) is 11.5. The molecule has 0 saturated carbocycles. The third-order valence-electron chi connectivity index (χ3n) is 2.61. The van der Waals surface area contributed by atoms with Crippen LogP contribution in [0.4, 0.5) is 5.69 Å². The van der Waals surface area contributed by atoms with Crippen molar-refractivity contribution in [1.29, 1.82) is 0 Å². The monoisotopic (exact) mass is 363 g/mol. The van der Waals surface area contributed by atoms with E-state index in [0.717, 1.165) is 23.7 Å². The molecule has 1 aromatic rings. The summed E-state index contributed by atoms with van der Waals surface area (Å²) in [5.74, 6) is 0.470. The highest BCUT2D eigenvalue weighted by Crippen LogP contribution is 2.34. The minimum absolute atomic E-state index is 0.141. The zero-order valence-corrected chi connectivity index (χ0v) is 13.8. The van der Waals surface area contributed by atoms with Crippen molar-refractivity contribution in [3.05, 3.63) is 21.6 Å². The molecule has 6 heteroatoms. The van der Waals surface area contributed by atoms with Gasteiger partial charge in [0.05, 0.1) is 23.4 Å². The minimum atomic E-state index is -0.141. The highest BCUT2D eigenvalue weighted by atomic mass is 79.9. The molecule has 1 aromatic carbocycles. The van der Waals surface area contributed by atoms with Crippen LogP contribution in [-0.4, -0.2) is 19.2 Å². The SMILES string of the molecule is CCOC(=O)CCCCCOc1c(N)cc(Cl)cc1Br. The summed E-state index contributed by atoms with van der Waals surface area (Å²) in [6, 6.07) is 3.40. The molecule has 1 rings (SSSR count). The van der Waals surface area contributed by atoms with Gasteiger partial charge in [0.25, 0.3) is 0 Å². The maximum absolute atomic E-state index is 11.1. The molecule has 20 heavy (non-hydrogen) atoms. The molecule has 0 saturated heterocycles. The van der Waals surface area contributed by atoms with E-state index in [4.69, 9.17) is 26.8 Å². The smallest absolute Gasteiger partial charge is 0.305 e. The van der Waals surface area contributed by atoms with Gasteiger partial charge in [-0.25, -0.2) is 0 Å². The molecule has 0 atom stereocenters. The van der Waals surface area contributed by atoms with E-state index >= 15 is 0 Å². The van der Waals surface area contributed by atoms with E-state index in [2.05, 4.69) is 15.9 Å². The number of nitrogen functional groups attached to an aromatic ring is 1. The predicted molar refractivity (Wildman–Crippen MR) is 84.2 cm³/mol. The largest absolute Gasteiger partial charge is 0.490 e. The van der Waals surface area contributed by atoms with Gasteiger partial charge in [-0.15, -0.1) is 0 Å². The number of hydrogen-bond donors (Lipinski definition) is 1. The van der Waals surface area contributed by atoms with Gasteiger partial charge in [0.15, 0.2) is 5.75 Å². The molecule has 0 spiro atoms. The molecule has 2 N–H and O–H groups in total. The molecular weight excluding hydrogens is 346 g/mol. The molecule has 4 nitrogen and oxygen atoms in total. The number of benzene rings is 1. The summed E-state index contributed by atoms with van der Waals surface area (Å²) in [7, 11) is 0. The Morgan fingerprint density at radius 3 is 2.75 bits per heavy atom. The first kappa shape index (κ1) is 17.1. The number of hydrogen-bond acceptors (Lipinski definition) is 4. The minimum Gasteiger partial charge on any atom is -0.490 e. The van der Waals surface area contributed by atoms with Crippen LogP contribution in [0.5, 0.6) is 5.75 Å². The Labute approximate surface area is 132 Å². The van der Waals surface area contributed by atoms with Crippen LogP contribution in [0.1, 0.15) is 32.6 Å². The van der Waals surface area contributed by atoms with Crippen molar-refractivity contribution < 1.29 is 14.3 Å². The van der Waals surface area contributed by atoms with Crippen molar-refractivity contribution in [1.82, 2.24) is 0 Å². The van der Waals surface area contributed by atoms with Gasteiger partial charge in [-0.05, 0) is 54.2 Å². The van der Waals surface area contributed by atoms with Gasteiger partial charge in [-0.3, -0.25) is 4.79 Å². The summed E-state index contributed by atoms with van der Waals surface area (Å²) < 4.78 is 11.2. The second-order valence-electron chi connectivity index (χ2n) is 4.27. The maximum atomic E-state index is 11.1. The topological polar surface area (TPSA) is 61.5 Å². The Balaban J connectivity index is 2.23. The van der Waals surface area contributed by atoms with E-state index in [9.17, 15) is 4.79 Å². The fourth-order valence-electron chi connectivity index (χ4n) is 1.69. The van der Waals surface area contributed by atoms with Crippen molar-refractivity contribution in [2.75, 3.05) is 18.9 Å². The number of ether oxygens (including phenoxy) is 2. The quantitative estimate of drug-likeness (QED) is 0.427. The van der Waals surface area contributed by atoms with Crippen molar-refractivity contribution in [3.63, 3.8) is 0 Å². The van der Waals surface area contributed by atoms with Crippen molar-refractivity contribution in [2.45, 2.75) is 32.6 Å². The van der Waals surface area contributed by atoms with Crippen molar-refractivity contribution >= 4 is 39.2 Å². The van der Waals surface area contributed by atoms with Gasteiger partial charge in [0, 0.05) is 11.4 Å². The lowest BCUT2D eigenvalue weighted by Crippen LogP contribution is -2.04. The van der Waals surface area contributed by atoms with E-state index in [0.29, 0.717) is 36.1 Å². The third-order valence-corrected chi connectivity index (χ3v) is 3.42. The molecule has 0 bridgehead atoms. The summed E-state index contributed by atoms with van der Waals surface area (Å²) in [6.07, 6.45) is 3.03. The molecule has 0 aliphatic heterocycles. The van der Waals surface area contributed by atoms with E-state index in [-0.39, 0.29) is 5.97 Å². The number of rotatable bonds is 8. The second kappa shape index (κ2) is 9.08. The summed E-state index contributed by atoms with van der Waals surface area (Å²) in [5.41, 5.74) is 6.35. The molecule has 0 unspecified atom stereocenters. The lowest BCUT2D eigenvalue weighted by atomic mass is 10.2. The molecule has 0 aliphatic rings. The number of halogens is 2. The fraction of sp³-hybridized carbons (Fsp3) is 0.500. The van der Waals surface area contributed by atoms with Crippen LogP contribution in [0, 0.1) is 0 Å². The average molecular weight is 365 g/mol. The number of carbonyl (C=O) groups excluding carboxylic acids is 1. The van der Waals surface area contributed by atoms with Gasteiger partial charge < -0.3 is 15.2 Å². The number of anilines is 1. The van der Waals surface area contributed by atoms with Crippen LogP contribution in [0.2, 0.25) is 5.02 Å². The first-order valence-corrected chi connectivity index (χ1v) is 7.74. The van der Waals surface area contributed by atoms with Crippen molar-refractivity contribution in [3.8, 4) is 5.75 Å². The summed E-state index contributed by atoms with van der Waals surface area (Å²) in [5, 5.41) is 0.566. The molecule has 0 heterocycles. The highest BCUT2D eigenvalue weighted by molar-refractivity contribution is 9.10. The Morgan fingerprint density at radius 1 is 1.35 bits per heavy atom. The van der Waals surface area contributed by atoms with Crippen LogP contribution in [0.25, 0.3) is 0 Å². The highest BCUT2D eigenvalue weighted by Gasteiger charge is 2.07. The maximum Gasteiger partial charge on any atom is 0.305 e. The van der Waals surface area contributed by atoms with Crippen LogP contribution in [0.15, 0.2) is 16.6 Å². The molecule has 0 aromatic heterocycles. The van der Waals surface area contributed by atoms with E-state index in [1.807, 2.05) is 0 Å². The molecule has 0 fully saturated rings. The molecule has 0 amide bonds. The fourth-order valence-corrected chi connectivity index (χ4v) is 2.64. The number of nitrogens with two attached hydrogens (primary N) is 1. The number of esters is 1. The van der Waals surface area contributed by atoms with E-state index < -0.39 is 0 Å². The lowest BCUT2D eigenvalue weighted by molar-refractivity contribution is -0.143. The standard InChI is InChI=1S/C14H19BrClNO3/c1-2-19-13(18)6-4-3-5-7-20-14-11(15)8-10(16)9-12(14)17/h8-9H,2-7,17H2,1H3. The van der Waals surface area contributed by atoms with Gasteiger partial charge in [0.1, 0.15) is 0 Å². The molecule has 112 valence electrons. The second-order valence-corrected chi connectivity index (χ2v) is 5.56. The Hall–Kier alpha value is -0.940. The number of carbonyl (C=O) groups is 1.